The first-order chi connectivity index (χ1) is 19.4. The van der Waals surface area contributed by atoms with Crippen molar-refractivity contribution in [3.63, 3.8) is 0 Å². The summed E-state index contributed by atoms with van der Waals surface area (Å²) in [5.74, 6) is -1.39. The number of hydrogen-bond donors (Lipinski definition) is 2. The van der Waals surface area contributed by atoms with Crippen molar-refractivity contribution in [1.29, 1.82) is 0 Å². The molecule has 4 atom stereocenters. The van der Waals surface area contributed by atoms with Gasteiger partial charge in [-0.3, -0.25) is 14.4 Å². The molecule has 0 spiro atoms. The molecule has 2 N–H and O–H groups in total. The molecule has 0 aromatic heterocycles. The average molecular weight is 553 g/mol. The first-order valence-corrected chi connectivity index (χ1v) is 14.3. The van der Waals surface area contributed by atoms with Crippen molar-refractivity contribution in [2.45, 2.75) is 64.0 Å². The molecule has 0 heterocycles. The highest BCUT2D eigenvalue weighted by atomic mass is 19.1. The predicted molar refractivity (Wildman–Crippen MR) is 147 cm³/mol. The number of rotatable bonds is 9. The van der Waals surface area contributed by atoms with Crippen LogP contribution in [0, 0.1) is 29.5 Å². The number of esters is 1. The Kier molecular flexibility index (Phi) is 8.57. The van der Waals surface area contributed by atoms with Crippen molar-refractivity contribution >= 4 is 23.5 Å². The maximum absolute atomic E-state index is 15.0. The Morgan fingerprint density at radius 3 is 2.38 bits per heavy atom. The van der Waals surface area contributed by atoms with E-state index in [9.17, 15) is 18.8 Å². The van der Waals surface area contributed by atoms with Gasteiger partial charge in [-0.25, -0.2) is 4.39 Å². The van der Waals surface area contributed by atoms with Crippen LogP contribution in [0.25, 0.3) is 0 Å². The van der Waals surface area contributed by atoms with Gasteiger partial charge in [0, 0.05) is 17.8 Å². The van der Waals surface area contributed by atoms with E-state index >= 15 is 0 Å². The maximum Gasteiger partial charge on any atom is 0.308 e. The lowest BCUT2D eigenvalue weighted by atomic mass is 9.83. The largest absolute Gasteiger partial charge is 0.496 e. The van der Waals surface area contributed by atoms with E-state index in [4.69, 9.17) is 14.2 Å². The first kappa shape index (κ1) is 27.9. The molecule has 2 aromatic rings. The topological polar surface area (TPSA) is 103 Å². The van der Waals surface area contributed by atoms with Gasteiger partial charge in [0.05, 0.1) is 37.2 Å². The molecule has 2 aromatic carbocycles. The number of fused-ring (bicyclic) bond motifs is 2. The smallest absolute Gasteiger partial charge is 0.308 e. The lowest BCUT2D eigenvalue weighted by molar-refractivity contribution is -0.149. The molecule has 0 aliphatic heterocycles. The summed E-state index contributed by atoms with van der Waals surface area (Å²) in [6.45, 7) is 2.13. The van der Waals surface area contributed by atoms with Crippen LogP contribution >= 0.6 is 0 Å². The summed E-state index contributed by atoms with van der Waals surface area (Å²) in [6, 6.07) is 11.5. The zero-order valence-electron chi connectivity index (χ0n) is 23.0. The molecule has 40 heavy (non-hydrogen) atoms. The van der Waals surface area contributed by atoms with E-state index in [2.05, 4.69) is 10.6 Å². The van der Waals surface area contributed by atoms with E-state index in [-0.39, 0.29) is 64.8 Å². The van der Waals surface area contributed by atoms with Crippen LogP contribution in [0.3, 0.4) is 0 Å². The number of halogens is 1. The normalized spacial score (nSPS) is 27.1. The van der Waals surface area contributed by atoms with Crippen molar-refractivity contribution in [3.05, 3.63) is 53.8 Å². The molecular weight excluding hydrogens is 515 g/mol. The minimum atomic E-state index is -0.624. The molecular formula is C31H37FN2O6. The number of benzene rings is 2. The van der Waals surface area contributed by atoms with Gasteiger partial charge in [0.2, 0.25) is 5.91 Å². The Labute approximate surface area is 233 Å². The Bertz CT molecular complexity index is 1230. The number of amides is 2. The van der Waals surface area contributed by atoms with Crippen LogP contribution in [-0.2, 0) is 14.3 Å². The summed E-state index contributed by atoms with van der Waals surface area (Å²) in [5.41, 5.74) is 0.878. The number of para-hydroxylation sites is 1. The Morgan fingerprint density at radius 2 is 1.68 bits per heavy atom. The highest BCUT2D eigenvalue weighted by Crippen LogP contribution is 2.49. The van der Waals surface area contributed by atoms with Gasteiger partial charge in [0.1, 0.15) is 5.75 Å². The van der Waals surface area contributed by atoms with Gasteiger partial charge in [-0.15, -0.1) is 0 Å². The molecule has 2 amide bonds. The monoisotopic (exact) mass is 552 g/mol. The number of ether oxygens (including phenoxy) is 3. The number of hydrogen-bond acceptors (Lipinski definition) is 6. The number of nitrogens with one attached hydrogen (secondary N) is 2. The van der Waals surface area contributed by atoms with Crippen molar-refractivity contribution in [2.75, 3.05) is 19.0 Å². The summed E-state index contributed by atoms with van der Waals surface area (Å²) >= 11 is 0. The first-order valence-electron chi connectivity index (χ1n) is 14.3. The van der Waals surface area contributed by atoms with Crippen molar-refractivity contribution < 1.29 is 33.0 Å². The van der Waals surface area contributed by atoms with Crippen molar-refractivity contribution in [1.82, 2.24) is 5.32 Å². The summed E-state index contributed by atoms with van der Waals surface area (Å²) in [4.78, 5) is 38.9. The van der Waals surface area contributed by atoms with E-state index in [0.29, 0.717) is 32.3 Å². The Hall–Kier alpha value is -3.62. The highest BCUT2D eigenvalue weighted by Gasteiger charge is 2.51. The molecule has 5 rings (SSSR count). The molecule has 214 valence electrons. The molecule has 3 aliphatic carbocycles. The average Bonchev–Trinajstić information content (AvgIpc) is 3.57. The van der Waals surface area contributed by atoms with E-state index < -0.39 is 11.7 Å². The molecule has 8 nitrogen and oxygen atoms in total. The summed E-state index contributed by atoms with van der Waals surface area (Å²) in [7, 11) is 1.39. The second-order valence-corrected chi connectivity index (χ2v) is 11.0. The summed E-state index contributed by atoms with van der Waals surface area (Å²) in [5, 5.41) is 6.09. The highest BCUT2D eigenvalue weighted by molar-refractivity contribution is 5.99. The van der Waals surface area contributed by atoms with E-state index in [0.717, 1.165) is 31.0 Å². The van der Waals surface area contributed by atoms with Gasteiger partial charge in [0.15, 0.2) is 11.6 Å². The van der Waals surface area contributed by atoms with Gasteiger partial charge in [0.25, 0.3) is 5.91 Å². The molecule has 0 unspecified atom stereocenters. The molecule has 9 heteroatoms. The van der Waals surface area contributed by atoms with Crippen LogP contribution in [-0.4, -0.2) is 43.6 Å². The summed E-state index contributed by atoms with van der Waals surface area (Å²) < 4.78 is 31.4. The maximum atomic E-state index is 15.0. The molecule has 2 bridgehead atoms. The van der Waals surface area contributed by atoms with Gasteiger partial charge >= 0.3 is 5.97 Å². The third kappa shape index (κ3) is 5.93. The van der Waals surface area contributed by atoms with Gasteiger partial charge in [-0.05, 0) is 81.9 Å². The second kappa shape index (κ2) is 12.3. The lowest BCUT2D eigenvalue weighted by Crippen LogP contribution is -2.48. The Balaban J connectivity index is 1.28. The quantitative estimate of drug-likeness (QED) is 0.419. The van der Waals surface area contributed by atoms with Crippen LogP contribution in [0.4, 0.5) is 10.1 Å². The zero-order chi connectivity index (χ0) is 28.2. The van der Waals surface area contributed by atoms with E-state index in [1.807, 2.05) is 30.3 Å². The van der Waals surface area contributed by atoms with E-state index in [1.54, 1.807) is 6.92 Å². The SMILES string of the molecule is CCOC(=O)C1CCC(Oc2cc(C(=O)N[C@@H]3[C@H]4CC[C@H](C4)[C@@H]3C(=O)Nc3ccccc3)c(OC)cc2F)CC1. The zero-order valence-corrected chi connectivity index (χ0v) is 23.0. The second-order valence-electron chi connectivity index (χ2n) is 11.0. The third-order valence-electron chi connectivity index (χ3n) is 8.64. The fraction of sp³-hybridized carbons (Fsp3) is 0.516. The molecule has 3 aliphatic rings. The number of carbonyl (C=O) groups excluding carboxylic acids is 3. The number of anilines is 1. The standard InChI is InChI=1S/C31H37FN2O6/c1-3-39-31(37)18-11-13-22(14-12-18)40-26-16-23(25(38-2)17-24(26)32)29(35)34-28-20-10-9-19(15-20)27(28)30(36)33-21-7-5-4-6-8-21/h4-8,16-20,22,27-28H,3,9-15H2,1-2H3,(H,33,36)(H,34,35)/t18?,19-,20+,22?,27+,28-/m1/s1. The van der Waals surface area contributed by atoms with Crippen LogP contribution in [0.5, 0.6) is 11.5 Å². The van der Waals surface area contributed by atoms with Crippen molar-refractivity contribution in [2.24, 2.45) is 23.7 Å². The lowest BCUT2D eigenvalue weighted by Gasteiger charge is -2.31. The molecule has 3 fully saturated rings. The van der Waals surface area contributed by atoms with Crippen LogP contribution in [0.15, 0.2) is 42.5 Å². The minimum Gasteiger partial charge on any atom is -0.496 e. The van der Waals surface area contributed by atoms with Gasteiger partial charge < -0.3 is 24.8 Å². The third-order valence-corrected chi connectivity index (χ3v) is 8.64. The molecule has 0 radical (unpaired) electrons. The van der Waals surface area contributed by atoms with Crippen molar-refractivity contribution in [3.8, 4) is 11.5 Å². The Morgan fingerprint density at radius 1 is 0.950 bits per heavy atom. The van der Waals surface area contributed by atoms with Crippen LogP contribution in [0.1, 0.15) is 62.2 Å². The number of methoxy groups -OCH3 is 1. The fourth-order valence-corrected chi connectivity index (χ4v) is 6.68. The summed E-state index contributed by atoms with van der Waals surface area (Å²) in [6.07, 6.45) is 4.90. The number of carbonyl (C=O) groups is 3. The minimum absolute atomic E-state index is 0.0307. The molecule has 3 saturated carbocycles. The van der Waals surface area contributed by atoms with Crippen LogP contribution in [0.2, 0.25) is 0 Å². The van der Waals surface area contributed by atoms with E-state index in [1.165, 1.54) is 13.2 Å². The van der Waals surface area contributed by atoms with Gasteiger partial charge in [-0.2, -0.15) is 0 Å². The van der Waals surface area contributed by atoms with Crippen LogP contribution < -0.4 is 20.1 Å². The predicted octanol–water partition coefficient (Wildman–Crippen LogP) is 5.12. The molecule has 0 saturated heterocycles. The van der Waals surface area contributed by atoms with Gasteiger partial charge in [-0.1, -0.05) is 18.2 Å². The fourth-order valence-electron chi connectivity index (χ4n) is 6.68.